The SMILES string of the molecule is O=C(CCS(=O)(=O)c1cccc2nsnc12)Nc1cccc(F)c1. The lowest BCUT2D eigenvalue weighted by Crippen LogP contribution is -2.17. The highest BCUT2D eigenvalue weighted by Gasteiger charge is 2.21. The number of fused-ring (bicyclic) bond motifs is 1. The second-order valence-corrected chi connectivity index (χ2v) is 7.62. The third kappa shape index (κ3) is 3.57. The summed E-state index contributed by atoms with van der Waals surface area (Å²) in [5.74, 6) is -1.36. The van der Waals surface area contributed by atoms with E-state index < -0.39 is 21.6 Å². The van der Waals surface area contributed by atoms with E-state index in [1.54, 1.807) is 12.1 Å². The zero-order valence-electron chi connectivity index (χ0n) is 12.3. The average Bonchev–Trinajstić information content (AvgIpc) is 3.01. The number of carbonyl (C=O) groups excluding carboxylic acids is 1. The molecule has 2 aromatic carbocycles. The lowest BCUT2D eigenvalue weighted by Gasteiger charge is -2.07. The molecule has 6 nitrogen and oxygen atoms in total. The minimum absolute atomic E-state index is 0.0623. The van der Waals surface area contributed by atoms with Gasteiger partial charge in [-0.2, -0.15) is 8.75 Å². The number of amides is 1. The van der Waals surface area contributed by atoms with Crippen molar-refractivity contribution in [1.29, 1.82) is 0 Å². The third-order valence-electron chi connectivity index (χ3n) is 3.29. The molecule has 124 valence electrons. The van der Waals surface area contributed by atoms with Gasteiger partial charge in [-0.15, -0.1) is 0 Å². The molecule has 0 aliphatic heterocycles. The molecule has 0 fully saturated rings. The van der Waals surface area contributed by atoms with Crippen molar-refractivity contribution in [2.24, 2.45) is 0 Å². The molecule has 0 radical (unpaired) electrons. The molecule has 0 saturated heterocycles. The van der Waals surface area contributed by atoms with E-state index in [-0.39, 0.29) is 22.8 Å². The second-order valence-electron chi connectivity index (χ2n) is 5.02. The molecule has 0 bridgehead atoms. The summed E-state index contributed by atoms with van der Waals surface area (Å²) in [5.41, 5.74) is 1.10. The van der Waals surface area contributed by atoms with Gasteiger partial charge in [0.05, 0.1) is 22.4 Å². The molecule has 0 atom stereocenters. The number of hydrogen-bond acceptors (Lipinski definition) is 6. The Morgan fingerprint density at radius 2 is 1.96 bits per heavy atom. The molecule has 9 heteroatoms. The fourth-order valence-electron chi connectivity index (χ4n) is 2.16. The first-order valence-electron chi connectivity index (χ1n) is 6.95. The van der Waals surface area contributed by atoms with Gasteiger partial charge in [0.2, 0.25) is 5.91 Å². The van der Waals surface area contributed by atoms with Gasteiger partial charge in [0, 0.05) is 12.1 Å². The highest BCUT2D eigenvalue weighted by Crippen LogP contribution is 2.22. The topological polar surface area (TPSA) is 89.0 Å². The summed E-state index contributed by atoms with van der Waals surface area (Å²) in [5, 5.41) is 2.47. The van der Waals surface area contributed by atoms with Crippen LogP contribution in [0.25, 0.3) is 11.0 Å². The summed E-state index contributed by atoms with van der Waals surface area (Å²) >= 11 is 0.931. The first-order valence-corrected chi connectivity index (χ1v) is 9.33. The van der Waals surface area contributed by atoms with Gasteiger partial charge in [0.15, 0.2) is 9.84 Å². The molecule has 0 aliphatic rings. The molecule has 1 amide bonds. The number of nitrogens with zero attached hydrogens (tertiary/aromatic N) is 2. The fourth-order valence-corrected chi connectivity index (χ4v) is 4.17. The number of halogens is 1. The van der Waals surface area contributed by atoms with E-state index in [0.717, 1.165) is 17.8 Å². The molecular weight excluding hydrogens is 353 g/mol. The predicted molar refractivity (Wildman–Crippen MR) is 89.1 cm³/mol. The molecule has 0 spiro atoms. The van der Waals surface area contributed by atoms with E-state index in [1.807, 2.05) is 0 Å². The van der Waals surface area contributed by atoms with Crippen molar-refractivity contribution in [2.45, 2.75) is 11.3 Å². The smallest absolute Gasteiger partial charge is 0.225 e. The Bertz CT molecular complexity index is 1000. The second kappa shape index (κ2) is 6.62. The van der Waals surface area contributed by atoms with Gasteiger partial charge >= 0.3 is 0 Å². The van der Waals surface area contributed by atoms with Crippen LogP contribution in [-0.2, 0) is 14.6 Å². The van der Waals surface area contributed by atoms with Gasteiger partial charge < -0.3 is 5.32 Å². The average molecular weight is 365 g/mol. The standard InChI is InChI=1S/C15H12FN3O3S2/c16-10-3-1-4-11(9-10)17-14(20)7-8-24(21,22)13-6-2-5-12-15(13)19-23-18-12/h1-6,9H,7-8H2,(H,17,20). The molecule has 0 saturated carbocycles. The minimum atomic E-state index is -3.68. The monoisotopic (exact) mass is 365 g/mol. The van der Waals surface area contributed by atoms with E-state index in [9.17, 15) is 17.6 Å². The maximum atomic E-state index is 13.1. The van der Waals surface area contributed by atoms with E-state index in [4.69, 9.17) is 0 Å². The Labute approximate surface area is 141 Å². The van der Waals surface area contributed by atoms with Crippen LogP contribution in [0, 0.1) is 5.82 Å². The van der Waals surface area contributed by atoms with Crippen molar-refractivity contribution in [2.75, 3.05) is 11.1 Å². The van der Waals surface area contributed by atoms with Crippen molar-refractivity contribution in [1.82, 2.24) is 8.75 Å². The quantitative estimate of drug-likeness (QED) is 0.751. The van der Waals surface area contributed by atoms with E-state index in [1.165, 1.54) is 24.3 Å². The molecule has 1 aromatic heterocycles. The number of aromatic nitrogens is 2. The predicted octanol–water partition coefficient (Wildman–Crippen LogP) is 2.63. The van der Waals surface area contributed by atoms with E-state index in [0.29, 0.717) is 11.0 Å². The van der Waals surface area contributed by atoms with Crippen LogP contribution in [0.1, 0.15) is 6.42 Å². The summed E-state index contributed by atoms with van der Waals surface area (Å²) in [6.45, 7) is 0. The van der Waals surface area contributed by atoms with Gasteiger partial charge in [0.1, 0.15) is 16.9 Å². The van der Waals surface area contributed by atoms with Crippen molar-refractivity contribution < 1.29 is 17.6 Å². The van der Waals surface area contributed by atoms with Crippen molar-refractivity contribution in [3.05, 3.63) is 48.3 Å². The van der Waals surface area contributed by atoms with Gasteiger partial charge in [0.25, 0.3) is 0 Å². The molecule has 3 rings (SSSR count). The van der Waals surface area contributed by atoms with Crippen LogP contribution < -0.4 is 5.32 Å². The molecular formula is C15H12FN3O3S2. The minimum Gasteiger partial charge on any atom is -0.326 e. The highest BCUT2D eigenvalue weighted by atomic mass is 32.2. The summed E-state index contributed by atoms with van der Waals surface area (Å²) in [6.07, 6.45) is -0.243. The zero-order valence-corrected chi connectivity index (χ0v) is 13.9. The molecule has 0 unspecified atom stereocenters. The Balaban J connectivity index is 1.71. The van der Waals surface area contributed by atoms with Crippen LogP contribution in [0.5, 0.6) is 0 Å². The molecule has 3 aromatic rings. The van der Waals surface area contributed by atoms with Crippen LogP contribution in [0.4, 0.5) is 10.1 Å². The highest BCUT2D eigenvalue weighted by molar-refractivity contribution is 7.91. The van der Waals surface area contributed by atoms with Crippen molar-refractivity contribution in [3.8, 4) is 0 Å². The number of benzene rings is 2. The van der Waals surface area contributed by atoms with Crippen LogP contribution in [0.3, 0.4) is 0 Å². The summed E-state index contributed by atoms with van der Waals surface area (Å²) in [7, 11) is -3.68. The maximum absolute atomic E-state index is 13.1. The fraction of sp³-hybridized carbons (Fsp3) is 0.133. The van der Waals surface area contributed by atoms with Crippen molar-refractivity contribution >= 4 is 44.2 Å². The maximum Gasteiger partial charge on any atom is 0.225 e. The van der Waals surface area contributed by atoms with Crippen LogP contribution in [-0.4, -0.2) is 28.8 Å². The lowest BCUT2D eigenvalue weighted by molar-refractivity contribution is -0.115. The van der Waals surface area contributed by atoms with Gasteiger partial charge in [-0.1, -0.05) is 12.1 Å². The zero-order chi connectivity index (χ0) is 17.2. The van der Waals surface area contributed by atoms with Gasteiger partial charge in [-0.3, -0.25) is 4.79 Å². The lowest BCUT2D eigenvalue weighted by atomic mass is 10.3. The molecule has 0 aliphatic carbocycles. The third-order valence-corrected chi connectivity index (χ3v) is 5.57. The number of carbonyl (C=O) groups is 1. The Hall–Kier alpha value is -2.39. The summed E-state index contributed by atoms with van der Waals surface area (Å²) < 4.78 is 46.0. The summed E-state index contributed by atoms with van der Waals surface area (Å²) in [4.78, 5) is 12.0. The number of sulfone groups is 1. The molecule has 24 heavy (non-hydrogen) atoms. The molecule has 1 N–H and O–H groups in total. The normalized spacial score (nSPS) is 11.5. The van der Waals surface area contributed by atoms with Crippen LogP contribution in [0.2, 0.25) is 0 Å². The number of nitrogens with one attached hydrogen (secondary N) is 1. The number of rotatable bonds is 5. The Morgan fingerprint density at radius 1 is 1.17 bits per heavy atom. The number of anilines is 1. The molecule has 1 heterocycles. The van der Waals surface area contributed by atoms with E-state index >= 15 is 0 Å². The van der Waals surface area contributed by atoms with Crippen LogP contribution in [0.15, 0.2) is 47.4 Å². The first-order chi connectivity index (χ1) is 11.5. The Morgan fingerprint density at radius 3 is 2.75 bits per heavy atom. The first kappa shape index (κ1) is 16.5. The number of hydrogen-bond donors (Lipinski definition) is 1. The van der Waals surface area contributed by atoms with Crippen molar-refractivity contribution in [3.63, 3.8) is 0 Å². The van der Waals surface area contributed by atoms with Gasteiger partial charge in [-0.05, 0) is 30.3 Å². The van der Waals surface area contributed by atoms with E-state index in [2.05, 4.69) is 14.1 Å². The Kier molecular flexibility index (Phi) is 4.54. The summed E-state index contributed by atoms with van der Waals surface area (Å²) in [6, 6.07) is 10.1. The van der Waals surface area contributed by atoms with Crippen LogP contribution >= 0.6 is 11.7 Å². The largest absolute Gasteiger partial charge is 0.326 e. The van der Waals surface area contributed by atoms with Gasteiger partial charge in [-0.25, -0.2) is 12.8 Å².